The van der Waals surface area contributed by atoms with E-state index >= 15 is 0 Å². The van der Waals surface area contributed by atoms with E-state index in [1.165, 1.54) is 19.1 Å². The molecule has 8 heteroatoms. The molecule has 1 aliphatic heterocycles. The predicted molar refractivity (Wildman–Crippen MR) is 127 cm³/mol. The summed E-state index contributed by atoms with van der Waals surface area (Å²) in [6.07, 6.45) is 1.99. The number of carbonyl (C=O) groups is 2. The number of aryl methyl sites for hydroxylation is 2. The Morgan fingerprint density at radius 2 is 1.74 bits per heavy atom. The van der Waals surface area contributed by atoms with Crippen LogP contribution in [0.3, 0.4) is 0 Å². The number of allylic oxidation sites excluding steroid dienone is 1. The molecule has 0 spiro atoms. The molecule has 0 bridgehead atoms. The molecule has 0 fully saturated rings. The summed E-state index contributed by atoms with van der Waals surface area (Å²) >= 11 is 0. The lowest BCUT2D eigenvalue weighted by molar-refractivity contribution is -0.139. The molecular weight excluding hydrogens is 432 g/mol. The summed E-state index contributed by atoms with van der Waals surface area (Å²) in [7, 11) is 4.37. The quantitative estimate of drug-likeness (QED) is 0.599. The number of esters is 2. The van der Waals surface area contributed by atoms with Crippen LogP contribution in [0.1, 0.15) is 17.0 Å². The first kappa shape index (κ1) is 22.7. The van der Waals surface area contributed by atoms with Gasteiger partial charge < -0.3 is 19.8 Å². The summed E-state index contributed by atoms with van der Waals surface area (Å²) in [6, 6.07) is 16.6. The summed E-state index contributed by atoms with van der Waals surface area (Å²) in [5, 5.41) is 11.2. The fourth-order valence-corrected chi connectivity index (χ4v) is 4.50. The molecule has 1 unspecified atom stereocenters. The molecule has 1 aliphatic rings. The van der Waals surface area contributed by atoms with Crippen molar-refractivity contribution >= 4 is 28.5 Å². The van der Waals surface area contributed by atoms with E-state index in [-0.39, 0.29) is 22.7 Å². The number of nitrogens with two attached hydrogens (primary N) is 1. The summed E-state index contributed by atoms with van der Waals surface area (Å²) < 4.78 is 12.1. The third-order valence-corrected chi connectivity index (χ3v) is 6.04. The van der Waals surface area contributed by atoms with Gasteiger partial charge in [-0.05, 0) is 30.2 Å². The second-order valence-corrected chi connectivity index (χ2v) is 7.96. The van der Waals surface area contributed by atoms with Gasteiger partial charge in [-0.2, -0.15) is 5.26 Å². The number of fused-ring (bicyclic) bond motifs is 1. The smallest absolute Gasteiger partial charge is 0.355 e. The zero-order valence-corrected chi connectivity index (χ0v) is 19.3. The highest BCUT2D eigenvalue weighted by Crippen LogP contribution is 2.43. The van der Waals surface area contributed by atoms with Gasteiger partial charge in [0, 0.05) is 24.3 Å². The van der Waals surface area contributed by atoms with Crippen LogP contribution in [-0.2, 0) is 26.1 Å². The average molecular weight is 457 g/mol. The van der Waals surface area contributed by atoms with E-state index in [4.69, 9.17) is 15.2 Å². The lowest BCUT2D eigenvalue weighted by atomic mass is 9.81. The van der Waals surface area contributed by atoms with Gasteiger partial charge in [0.25, 0.3) is 0 Å². The monoisotopic (exact) mass is 456 g/mol. The van der Waals surface area contributed by atoms with Gasteiger partial charge in [0.15, 0.2) is 0 Å². The minimum absolute atomic E-state index is 0.0190. The highest BCUT2D eigenvalue weighted by atomic mass is 16.5. The first-order valence-corrected chi connectivity index (χ1v) is 10.5. The van der Waals surface area contributed by atoms with Gasteiger partial charge >= 0.3 is 11.9 Å². The molecule has 1 atom stereocenters. The zero-order chi connectivity index (χ0) is 24.6. The van der Waals surface area contributed by atoms with Crippen molar-refractivity contribution in [2.24, 2.45) is 12.8 Å². The number of hydrogen-bond acceptors (Lipinski definition) is 7. The van der Waals surface area contributed by atoms with E-state index in [1.807, 2.05) is 42.9 Å². The Morgan fingerprint density at radius 3 is 2.35 bits per heavy atom. The Kier molecular flexibility index (Phi) is 5.86. The first-order chi connectivity index (χ1) is 16.3. The molecule has 0 saturated carbocycles. The molecule has 3 aromatic rings. The van der Waals surface area contributed by atoms with E-state index in [9.17, 15) is 14.9 Å². The number of rotatable bonds is 4. The van der Waals surface area contributed by atoms with Gasteiger partial charge in [-0.15, -0.1) is 0 Å². The van der Waals surface area contributed by atoms with Gasteiger partial charge in [0.05, 0.1) is 42.9 Å². The fourth-order valence-electron chi connectivity index (χ4n) is 4.50. The van der Waals surface area contributed by atoms with Crippen LogP contribution in [0.4, 0.5) is 5.69 Å². The molecule has 2 heterocycles. The van der Waals surface area contributed by atoms with Crippen molar-refractivity contribution in [2.45, 2.75) is 12.8 Å². The largest absolute Gasteiger partial charge is 0.466 e. The highest BCUT2D eigenvalue weighted by molar-refractivity contribution is 6.06. The van der Waals surface area contributed by atoms with Crippen molar-refractivity contribution in [1.29, 1.82) is 5.26 Å². The normalized spacial score (nSPS) is 16.0. The maximum atomic E-state index is 13.1. The van der Waals surface area contributed by atoms with Gasteiger partial charge in [0.1, 0.15) is 11.5 Å². The van der Waals surface area contributed by atoms with Crippen LogP contribution in [0, 0.1) is 18.3 Å². The first-order valence-electron chi connectivity index (χ1n) is 10.5. The number of benzene rings is 2. The molecule has 34 heavy (non-hydrogen) atoms. The summed E-state index contributed by atoms with van der Waals surface area (Å²) in [5.74, 6) is -2.39. The second kappa shape index (κ2) is 8.79. The van der Waals surface area contributed by atoms with Crippen molar-refractivity contribution in [3.05, 3.63) is 88.5 Å². The molecule has 4 rings (SSSR count). The lowest BCUT2D eigenvalue weighted by Crippen LogP contribution is -2.40. The van der Waals surface area contributed by atoms with Gasteiger partial charge in [-0.3, -0.25) is 4.90 Å². The second-order valence-electron chi connectivity index (χ2n) is 7.96. The van der Waals surface area contributed by atoms with Crippen LogP contribution in [0.2, 0.25) is 0 Å². The minimum atomic E-state index is -0.898. The molecule has 1 aromatic heterocycles. The molecule has 172 valence electrons. The topological polar surface area (TPSA) is 111 Å². The number of carbonyl (C=O) groups excluding carboxylic acids is 2. The van der Waals surface area contributed by atoms with Gasteiger partial charge in [0.2, 0.25) is 0 Å². The van der Waals surface area contributed by atoms with E-state index in [2.05, 4.69) is 6.07 Å². The van der Waals surface area contributed by atoms with E-state index in [0.29, 0.717) is 11.3 Å². The highest BCUT2D eigenvalue weighted by Gasteiger charge is 2.43. The van der Waals surface area contributed by atoms with E-state index in [0.717, 1.165) is 16.5 Å². The Hall–Kier alpha value is -4.51. The van der Waals surface area contributed by atoms with E-state index < -0.39 is 17.9 Å². The number of anilines is 1. The predicted octanol–water partition coefficient (Wildman–Crippen LogP) is 3.38. The average Bonchev–Trinajstić information content (AvgIpc) is 3.15. The molecule has 0 radical (unpaired) electrons. The van der Waals surface area contributed by atoms with Crippen molar-refractivity contribution in [1.82, 2.24) is 4.57 Å². The van der Waals surface area contributed by atoms with Crippen LogP contribution in [-0.4, -0.2) is 30.7 Å². The number of aromatic nitrogens is 1. The van der Waals surface area contributed by atoms with Gasteiger partial charge in [-0.1, -0.05) is 36.4 Å². The zero-order valence-electron chi connectivity index (χ0n) is 19.3. The Bertz CT molecular complexity index is 1410. The standard InChI is InChI=1S/C26H24N4O4/c1-15-14-29(2)20-12-17(10-11-18(15)20)30-23(26(32)34-4)22(25(31)33-3)21(19(13-27)24(30)28)16-8-6-5-7-9-16/h5-12,14,21H,28H2,1-4H3. The number of nitrogens with zero attached hydrogens (tertiary/aromatic N) is 3. The van der Waals surface area contributed by atoms with Crippen LogP contribution in [0.25, 0.3) is 10.9 Å². The van der Waals surface area contributed by atoms with Gasteiger partial charge in [-0.25, -0.2) is 9.59 Å². The van der Waals surface area contributed by atoms with Crippen LogP contribution in [0.5, 0.6) is 0 Å². The molecule has 2 aromatic carbocycles. The van der Waals surface area contributed by atoms with Crippen molar-refractivity contribution < 1.29 is 19.1 Å². The van der Waals surface area contributed by atoms with E-state index in [1.54, 1.807) is 30.3 Å². The Morgan fingerprint density at radius 1 is 1.06 bits per heavy atom. The minimum Gasteiger partial charge on any atom is -0.466 e. The number of nitriles is 1. The maximum Gasteiger partial charge on any atom is 0.355 e. The van der Waals surface area contributed by atoms with Crippen molar-refractivity contribution in [3.63, 3.8) is 0 Å². The number of hydrogen-bond donors (Lipinski definition) is 1. The Labute approximate surface area is 197 Å². The summed E-state index contributed by atoms with van der Waals surface area (Å²) in [5.41, 5.74) is 9.68. The fraction of sp³-hybridized carbons (Fsp3) is 0.192. The maximum absolute atomic E-state index is 13.1. The van der Waals surface area contributed by atoms with Crippen LogP contribution < -0.4 is 10.6 Å². The Balaban J connectivity index is 2.07. The summed E-state index contributed by atoms with van der Waals surface area (Å²) in [4.78, 5) is 27.6. The number of methoxy groups -OCH3 is 2. The molecular formula is C26H24N4O4. The third-order valence-electron chi connectivity index (χ3n) is 6.04. The molecule has 2 N–H and O–H groups in total. The molecule has 0 amide bonds. The molecule has 0 aliphatic carbocycles. The third kappa shape index (κ3) is 3.48. The van der Waals surface area contributed by atoms with Crippen molar-refractivity contribution in [3.8, 4) is 6.07 Å². The van der Waals surface area contributed by atoms with Crippen molar-refractivity contribution in [2.75, 3.05) is 19.1 Å². The summed E-state index contributed by atoms with van der Waals surface area (Å²) in [6.45, 7) is 2.00. The van der Waals surface area contributed by atoms with Crippen LogP contribution >= 0.6 is 0 Å². The van der Waals surface area contributed by atoms with Crippen LogP contribution in [0.15, 0.2) is 77.4 Å². The molecule has 8 nitrogen and oxygen atoms in total. The molecule has 0 saturated heterocycles. The lowest BCUT2D eigenvalue weighted by Gasteiger charge is -2.36. The SMILES string of the molecule is COC(=O)C1=C(C(=O)OC)N(c2ccc3c(C)cn(C)c3c2)C(N)=C(C#N)C1c1ccccc1. The number of ether oxygens (including phenoxy) is 2.